The number of rotatable bonds is 13. The SMILES string of the molecule is COc1ccc(Cn2nnc(-c3cnn(-c4ccccc4C)c3SSc3c(-c4nnn(Cc5ccc(OC)cc5)n4)cnn3-c3ccccc3C)n2)cc1. The third-order valence-corrected chi connectivity index (χ3v) is 11.1. The highest BCUT2D eigenvalue weighted by Gasteiger charge is 2.25. The van der Waals surface area contributed by atoms with Crippen molar-refractivity contribution in [2.24, 2.45) is 0 Å². The zero-order valence-electron chi connectivity index (χ0n) is 29.8. The topological polar surface area (TPSA) is 141 Å². The fourth-order valence-corrected chi connectivity index (χ4v) is 8.28. The van der Waals surface area contributed by atoms with Crippen molar-refractivity contribution in [3.63, 3.8) is 0 Å². The van der Waals surface area contributed by atoms with Crippen LogP contribution in [-0.2, 0) is 13.1 Å². The number of methoxy groups -OCH3 is 2. The fourth-order valence-electron chi connectivity index (χ4n) is 5.79. The molecule has 8 rings (SSSR count). The predicted octanol–water partition coefficient (Wildman–Crippen LogP) is 6.90. The number of tetrazole rings is 2. The minimum absolute atomic E-state index is 0.450. The van der Waals surface area contributed by atoms with E-state index in [0.29, 0.717) is 24.7 Å². The van der Waals surface area contributed by atoms with Crippen LogP contribution >= 0.6 is 21.6 Å². The molecule has 0 bridgehead atoms. The third kappa shape index (κ3) is 7.20. The van der Waals surface area contributed by atoms with Crippen molar-refractivity contribution in [1.29, 1.82) is 0 Å². The second kappa shape index (κ2) is 15.4. The number of aryl methyl sites for hydroxylation is 2. The van der Waals surface area contributed by atoms with Crippen molar-refractivity contribution in [2.45, 2.75) is 37.0 Å². The molecule has 0 spiro atoms. The van der Waals surface area contributed by atoms with Crippen LogP contribution < -0.4 is 9.47 Å². The Morgan fingerprint density at radius 1 is 0.537 bits per heavy atom. The van der Waals surface area contributed by atoms with Crippen LogP contribution in [0.3, 0.4) is 0 Å². The lowest BCUT2D eigenvalue weighted by molar-refractivity contribution is 0.414. The summed E-state index contributed by atoms with van der Waals surface area (Å²) in [6.07, 6.45) is 3.58. The van der Waals surface area contributed by atoms with Crippen molar-refractivity contribution in [2.75, 3.05) is 14.2 Å². The first-order valence-corrected chi connectivity index (χ1v) is 19.1. The summed E-state index contributed by atoms with van der Waals surface area (Å²) in [7, 11) is 6.34. The second-order valence-electron chi connectivity index (χ2n) is 12.3. The number of para-hydroxylation sites is 2. The molecule has 0 aliphatic heterocycles. The summed E-state index contributed by atoms with van der Waals surface area (Å²) in [5, 5.41) is 38.6. The van der Waals surface area contributed by atoms with Crippen LogP contribution in [0.5, 0.6) is 11.5 Å². The molecule has 14 nitrogen and oxygen atoms in total. The molecule has 0 aliphatic rings. The van der Waals surface area contributed by atoms with E-state index in [1.165, 1.54) is 21.6 Å². The lowest BCUT2D eigenvalue weighted by Gasteiger charge is -2.13. The maximum absolute atomic E-state index is 5.31. The van der Waals surface area contributed by atoms with Gasteiger partial charge in [0.25, 0.3) is 0 Å². The number of hydrogen-bond donors (Lipinski definition) is 0. The first kappa shape index (κ1) is 34.8. The minimum Gasteiger partial charge on any atom is -0.497 e. The van der Waals surface area contributed by atoms with Crippen LogP contribution in [0.1, 0.15) is 22.3 Å². The molecule has 8 aromatic rings. The van der Waals surface area contributed by atoms with Gasteiger partial charge in [0.1, 0.15) is 21.6 Å². The highest BCUT2D eigenvalue weighted by Crippen LogP contribution is 2.46. The zero-order chi connectivity index (χ0) is 37.0. The maximum atomic E-state index is 5.31. The zero-order valence-corrected chi connectivity index (χ0v) is 31.4. The van der Waals surface area contributed by atoms with Crippen molar-refractivity contribution < 1.29 is 9.47 Å². The Morgan fingerprint density at radius 2 is 0.944 bits per heavy atom. The number of ether oxygens (including phenoxy) is 2. The molecular formula is C38H34N12O2S2. The minimum atomic E-state index is 0.450. The van der Waals surface area contributed by atoms with Crippen LogP contribution in [0.2, 0.25) is 0 Å². The van der Waals surface area contributed by atoms with Gasteiger partial charge in [-0.05, 0) is 105 Å². The molecule has 0 atom stereocenters. The van der Waals surface area contributed by atoms with E-state index in [4.69, 9.17) is 29.9 Å². The molecule has 270 valence electrons. The van der Waals surface area contributed by atoms with Crippen LogP contribution in [0, 0.1) is 13.8 Å². The Bertz CT molecular complexity index is 2350. The predicted molar refractivity (Wildman–Crippen MR) is 206 cm³/mol. The van der Waals surface area contributed by atoms with Gasteiger partial charge in [0, 0.05) is 0 Å². The molecular weight excluding hydrogens is 721 g/mol. The monoisotopic (exact) mass is 754 g/mol. The number of hydrogen-bond acceptors (Lipinski definition) is 12. The van der Waals surface area contributed by atoms with E-state index in [1.54, 1.807) is 36.2 Å². The lowest BCUT2D eigenvalue weighted by Crippen LogP contribution is -2.04. The van der Waals surface area contributed by atoms with Crippen molar-refractivity contribution in [3.05, 3.63) is 132 Å². The van der Waals surface area contributed by atoms with Crippen molar-refractivity contribution in [1.82, 2.24) is 60.0 Å². The van der Waals surface area contributed by atoms with Gasteiger partial charge in [-0.25, -0.2) is 9.36 Å². The fraction of sp³-hybridized carbons (Fsp3) is 0.158. The molecule has 0 saturated carbocycles. The van der Waals surface area contributed by atoms with Gasteiger partial charge in [0.05, 0.1) is 62.2 Å². The van der Waals surface area contributed by atoms with Crippen LogP contribution in [0.15, 0.2) is 120 Å². The number of aromatic nitrogens is 12. The van der Waals surface area contributed by atoms with E-state index >= 15 is 0 Å². The maximum Gasteiger partial charge on any atom is 0.209 e. The molecule has 0 aliphatic carbocycles. The lowest BCUT2D eigenvalue weighted by atomic mass is 10.2. The van der Waals surface area contributed by atoms with Gasteiger partial charge in [0.15, 0.2) is 0 Å². The highest BCUT2D eigenvalue weighted by molar-refractivity contribution is 8.76. The van der Waals surface area contributed by atoms with E-state index in [2.05, 4.69) is 46.6 Å². The van der Waals surface area contributed by atoms with E-state index in [0.717, 1.165) is 66.3 Å². The second-order valence-corrected chi connectivity index (χ2v) is 14.4. The largest absolute Gasteiger partial charge is 0.497 e. The van der Waals surface area contributed by atoms with Gasteiger partial charge < -0.3 is 9.47 Å². The Morgan fingerprint density at radius 3 is 1.33 bits per heavy atom. The molecule has 4 heterocycles. The first-order valence-electron chi connectivity index (χ1n) is 16.9. The summed E-state index contributed by atoms with van der Waals surface area (Å²) >= 11 is 0. The molecule has 0 N–H and O–H groups in total. The van der Waals surface area contributed by atoms with E-state index in [9.17, 15) is 0 Å². The smallest absolute Gasteiger partial charge is 0.209 e. The standard InChI is InChI=1S/C38H34N12O2S2/c1-25-9-5-7-11-33(25)49-37(31(21-39-49)35-41-45-47(43-35)23-27-13-17-29(51-3)18-14-27)53-54-38-32(22-40-50(38)34-12-8-6-10-26(34)2)36-42-46-48(44-36)24-28-15-19-30(52-4)20-16-28/h5-22H,23-24H2,1-4H3. The molecule has 16 heteroatoms. The van der Waals surface area contributed by atoms with Gasteiger partial charge in [-0.3, -0.25) is 0 Å². The van der Waals surface area contributed by atoms with E-state index < -0.39 is 0 Å². The molecule has 0 radical (unpaired) electrons. The highest BCUT2D eigenvalue weighted by atomic mass is 33.1. The molecule has 0 fully saturated rings. The summed E-state index contributed by atoms with van der Waals surface area (Å²) in [5.74, 6) is 2.49. The summed E-state index contributed by atoms with van der Waals surface area (Å²) in [6.45, 7) is 5.03. The van der Waals surface area contributed by atoms with Gasteiger partial charge in [0.2, 0.25) is 11.6 Å². The summed E-state index contributed by atoms with van der Waals surface area (Å²) < 4.78 is 14.5. The Balaban J connectivity index is 1.15. The van der Waals surface area contributed by atoms with Gasteiger partial charge in [-0.1, -0.05) is 60.7 Å². The molecule has 4 aromatic heterocycles. The third-order valence-electron chi connectivity index (χ3n) is 8.69. The van der Waals surface area contributed by atoms with Crippen molar-refractivity contribution >= 4 is 21.6 Å². The summed E-state index contributed by atoms with van der Waals surface area (Å²) in [6, 6.07) is 31.8. The van der Waals surface area contributed by atoms with E-state index in [-0.39, 0.29) is 0 Å². The summed E-state index contributed by atoms with van der Waals surface area (Å²) in [5.41, 5.74) is 7.53. The molecule has 54 heavy (non-hydrogen) atoms. The Kier molecular flexibility index (Phi) is 9.91. The normalized spacial score (nSPS) is 11.3. The molecule has 4 aromatic carbocycles. The van der Waals surface area contributed by atoms with Gasteiger partial charge in [-0.15, -0.1) is 20.4 Å². The molecule has 0 unspecified atom stereocenters. The van der Waals surface area contributed by atoms with Crippen LogP contribution in [0.4, 0.5) is 0 Å². The average Bonchev–Trinajstić information content (AvgIpc) is 4.02. The van der Waals surface area contributed by atoms with Gasteiger partial charge >= 0.3 is 0 Å². The van der Waals surface area contributed by atoms with E-state index in [1.807, 2.05) is 94.3 Å². The van der Waals surface area contributed by atoms with Gasteiger partial charge in [-0.2, -0.15) is 19.8 Å². The van der Waals surface area contributed by atoms with Crippen LogP contribution in [-0.4, -0.2) is 74.2 Å². The number of benzene rings is 4. The average molecular weight is 755 g/mol. The molecule has 0 saturated heterocycles. The first-order chi connectivity index (χ1) is 26.5. The Labute approximate surface area is 318 Å². The number of nitrogens with zero attached hydrogens (tertiary/aromatic N) is 12. The molecule has 0 amide bonds. The van der Waals surface area contributed by atoms with Crippen LogP contribution in [0.25, 0.3) is 34.2 Å². The Hall–Kier alpha value is -6.26. The van der Waals surface area contributed by atoms with Crippen molar-refractivity contribution in [3.8, 4) is 45.6 Å². The quantitative estimate of drug-likeness (QED) is 0.113. The summed E-state index contributed by atoms with van der Waals surface area (Å²) in [4.78, 5) is 3.16.